The van der Waals surface area contributed by atoms with E-state index in [0.29, 0.717) is 13.2 Å². The number of likely N-dealkylation sites (tertiary alicyclic amines) is 1. The van der Waals surface area contributed by atoms with Crippen molar-refractivity contribution in [3.63, 3.8) is 0 Å². The highest BCUT2D eigenvalue weighted by Crippen LogP contribution is 2.18. The third-order valence-electron chi connectivity index (χ3n) is 5.03. The van der Waals surface area contributed by atoms with Crippen molar-refractivity contribution in [1.29, 1.82) is 0 Å². The normalized spacial score (nSPS) is 16.3. The monoisotopic (exact) mass is 376 g/mol. The van der Waals surface area contributed by atoms with Gasteiger partial charge in [-0.25, -0.2) is 0 Å². The number of ether oxygens (including phenoxy) is 2. The number of methoxy groups -OCH3 is 1. The minimum atomic E-state index is 0.548. The number of hydrogen-bond acceptors (Lipinski definition) is 4. The number of piperidine rings is 1. The fraction of sp³-hybridized carbons (Fsp3) is 0.667. The average Bonchev–Trinajstić information content (AvgIpc) is 2.71. The molecule has 2 rings (SSSR count). The average molecular weight is 377 g/mol. The Labute approximate surface area is 164 Å². The highest BCUT2D eigenvalue weighted by molar-refractivity contribution is 5.79. The van der Waals surface area contributed by atoms with Crippen LogP contribution in [0.4, 0.5) is 0 Å². The lowest BCUT2D eigenvalue weighted by atomic mass is 9.99. The molecule has 6 nitrogen and oxygen atoms in total. The Morgan fingerprint density at radius 3 is 2.67 bits per heavy atom. The summed E-state index contributed by atoms with van der Waals surface area (Å²) in [5, 5.41) is 6.68. The molecule has 27 heavy (non-hydrogen) atoms. The van der Waals surface area contributed by atoms with Crippen LogP contribution in [0.2, 0.25) is 0 Å². The van der Waals surface area contributed by atoms with Gasteiger partial charge in [0.15, 0.2) is 5.96 Å². The SMILES string of the molecule is CN=C(NCCCN1CCC(C)CC1)NCCOCc1ccccc1OC. The van der Waals surface area contributed by atoms with Gasteiger partial charge in [-0.05, 0) is 50.9 Å². The molecule has 1 fully saturated rings. The van der Waals surface area contributed by atoms with Gasteiger partial charge >= 0.3 is 0 Å². The predicted molar refractivity (Wildman–Crippen MR) is 111 cm³/mol. The third kappa shape index (κ3) is 8.18. The number of nitrogens with zero attached hydrogens (tertiary/aromatic N) is 2. The highest BCUT2D eigenvalue weighted by Gasteiger charge is 2.14. The molecule has 1 aromatic carbocycles. The number of aliphatic imine (C=N–C) groups is 1. The molecule has 0 saturated carbocycles. The first-order valence-electron chi connectivity index (χ1n) is 10.1. The van der Waals surface area contributed by atoms with E-state index in [2.05, 4.69) is 27.4 Å². The van der Waals surface area contributed by atoms with E-state index < -0.39 is 0 Å². The summed E-state index contributed by atoms with van der Waals surface area (Å²) in [5.74, 6) is 2.60. The molecule has 1 aliphatic heterocycles. The predicted octanol–water partition coefficient (Wildman–Crippen LogP) is 2.50. The molecule has 1 aromatic rings. The Kier molecular flexibility index (Phi) is 10.0. The first-order chi connectivity index (χ1) is 13.2. The number of guanidine groups is 1. The van der Waals surface area contributed by atoms with Crippen molar-refractivity contribution in [3.05, 3.63) is 29.8 Å². The van der Waals surface area contributed by atoms with Gasteiger partial charge in [-0.3, -0.25) is 4.99 Å². The van der Waals surface area contributed by atoms with Crippen LogP contribution in [0, 0.1) is 5.92 Å². The van der Waals surface area contributed by atoms with Crippen molar-refractivity contribution in [2.45, 2.75) is 32.8 Å². The van der Waals surface area contributed by atoms with Gasteiger partial charge < -0.3 is 25.0 Å². The zero-order valence-electron chi connectivity index (χ0n) is 17.2. The van der Waals surface area contributed by atoms with E-state index in [9.17, 15) is 0 Å². The Bertz CT molecular complexity index is 557. The maximum atomic E-state index is 5.74. The van der Waals surface area contributed by atoms with Gasteiger partial charge in [-0.2, -0.15) is 0 Å². The molecule has 1 aliphatic rings. The van der Waals surface area contributed by atoms with Crippen molar-refractivity contribution in [2.75, 3.05) is 53.5 Å². The van der Waals surface area contributed by atoms with Crippen LogP contribution in [0.3, 0.4) is 0 Å². The van der Waals surface area contributed by atoms with Gasteiger partial charge in [-0.1, -0.05) is 25.1 Å². The molecule has 0 unspecified atom stereocenters. The summed E-state index contributed by atoms with van der Waals surface area (Å²) < 4.78 is 11.1. The minimum absolute atomic E-state index is 0.548. The van der Waals surface area contributed by atoms with Crippen molar-refractivity contribution in [3.8, 4) is 5.75 Å². The molecule has 152 valence electrons. The number of benzene rings is 1. The van der Waals surface area contributed by atoms with Gasteiger partial charge in [0, 0.05) is 25.7 Å². The minimum Gasteiger partial charge on any atom is -0.496 e. The van der Waals surface area contributed by atoms with Gasteiger partial charge in [0.2, 0.25) is 0 Å². The molecule has 0 aliphatic carbocycles. The summed E-state index contributed by atoms with van der Waals surface area (Å²) in [6.07, 6.45) is 3.82. The number of nitrogens with one attached hydrogen (secondary N) is 2. The molecule has 0 bridgehead atoms. The largest absolute Gasteiger partial charge is 0.496 e. The summed E-state index contributed by atoms with van der Waals surface area (Å²) in [6.45, 7) is 8.84. The molecule has 0 atom stereocenters. The van der Waals surface area contributed by atoms with E-state index in [1.54, 1.807) is 14.2 Å². The topological polar surface area (TPSA) is 58.1 Å². The fourth-order valence-corrected chi connectivity index (χ4v) is 3.26. The molecular formula is C21H36N4O2. The van der Waals surface area contributed by atoms with Gasteiger partial charge in [-0.15, -0.1) is 0 Å². The molecule has 2 N–H and O–H groups in total. The van der Waals surface area contributed by atoms with Crippen LogP contribution in [0.25, 0.3) is 0 Å². The third-order valence-corrected chi connectivity index (χ3v) is 5.03. The van der Waals surface area contributed by atoms with Crippen LogP contribution in [-0.4, -0.2) is 64.3 Å². The van der Waals surface area contributed by atoms with Crippen molar-refractivity contribution < 1.29 is 9.47 Å². The number of rotatable bonds is 10. The van der Waals surface area contributed by atoms with Gasteiger partial charge in [0.05, 0.1) is 20.3 Å². The standard InChI is InChI=1S/C21H36N4O2/c1-18-9-14-25(15-10-18)13-6-11-23-21(22-2)24-12-16-27-17-19-7-4-5-8-20(19)26-3/h4-5,7-8,18H,6,9-17H2,1-3H3,(H2,22,23,24). The van der Waals surface area contributed by atoms with Crippen LogP contribution in [0.1, 0.15) is 31.7 Å². The Morgan fingerprint density at radius 2 is 1.93 bits per heavy atom. The van der Waals surface area contributed by atoms with Crippen LogP contribution >= 0.6 is 0 Å². The second-order valence-corrected chi connectivity index (χ2v) is 7.17. The lowest BCUT2D eigenvalue weighted by Gasteiger charge is -2.30. The zero-order chi connectivity index (χ0) is 19.3. The van der Waals surface area contributed by atoms with Crippen LogP contribution < -0.4 is 15.4 Å². The van der Waals surface area contributed by atoms with Crippen LogP contribution in [0.15, 0.2) is 29.3 Å². The molecular weight excluding hydrogens is 340 g/mol. The van der Waals surface area contributed by atoms with Crippen molar-refractivity contribution >= 4 is 5.96 Å². The molecule has 0 aromatic heterocycles. The summed E-state index contributed by atoms with van der Waals surface area (Å²) in [6, 6.07) is 7.93. The smallest absolute Gasteiger partial charge is 0.191 e. The van der Waals surface area contributed by atoms with Crippen LogP contribution in [-0.2, 0) is 11.3 Å². The van der Waals surface area contributed by atoms with Crippen molar-refractivity contribution in [1.82, 2.24) is 15.5 Å². The second kappa shape index (κ2) is 12.6. The summed E-state index contributed by atoms with van der Waals surface area (Å²) in [7, 11) is 3.49. The van der Waals surface area contributed by atoms with Crippen LogP contribution in [0.5, 0.6) is 5.75 Å². The Balaban J connectivity index is 1.52. The lowest BCUT2D eigenvalue weighted by Crippen LogP contribution is -2.40. The first kappa shape index (κ1) is 21.5. The first-order valence-corrected chi connectivity index (χ1v) is 10.1. The van der Waals surface area contributed by atoms with Crippen molar-refractivity contribution in [2.24, 2.45) is 10.9 Å². The number of hydrogen-bond donors (Lipinski definition) is 2. The fourth-order valence-electron chi connectivity index (χ4n) is 3.26. The number of para-hydroxylation sites is 1. The van der Waals surface area contributed by atoms with E-state index in [4.69, 9.17) is 9.47 Å². The molecule has 6 heteroatoms. The van der Waals surface area contributed by atoms with Gasteiger partial charge in [0.1, 0.15) is 5.75 Å². The maximum absolute atomic E-state index is 5.74. The molecule has 0 radical (unpaired) electrons. The molecule has 1 saturated heterocycles. The molecule has 0 amide bonds. The molecule has 1 heterocycles. The van der Waals surface area contributed by atoms with E-state index >= 15 is 0 Å². The summed E-state index contributed by atoms with van der Waals surface area (Å²) in [5.41, 5.74) is 1.06. The Hall–Kier alpha value is -1.79. The quantitative estimate of drug-likeness (QED) is 0.373. The summed E-state index contributed by atoms with van der Waals surface area (Å²) in [4.78, 5) is 6.84. The molecule has 0 spiro atoms. The zero-order valence-corrected chi connectivity index (χ0v) is 17.2. The Morgan fingerprint density at radius 1 is 1.19 bits per heavy atom. The lowest BCUT2D eigenvalue weighted by molar-refractivity contribution is 0.123. The maximum Gasteiger partial charge on any atom is 0.191 e. The summed E-state index contributed by atoms with van der Waals surface area (Å²) >= 11 is 0. The second-order valence-electron chi connectivity index (χ2n) is 7.17. The van der Waals surface area contributed by atoms with E-state index in [1.165, 1.54) is 32.5 Å². The highest BCUT2D eigenvalue weighted by atomic mass is 16.5. The van der Waals surface area contributed by atoms with E-state index in [0.717, 1.165) is 42.7 Å². The van der Waals surface area contributed by atoms with E-state index in [1.807, 2.05) is 24.3 Å². The van der Waals surface area contributed by atoms with Gasteiger partial charge in [0.25, 0.3) is 0 Å². The van der Waals surface area contributed by atoms with E-state index in [-0.39, 0.29) is 0 Å².